The molecule has 0 aromatic carbocycles. The van der Waals surface area contributed by atoms with Gasteiger partial charge < -0.3 is 0 Å². The Kier molecular flexibility index (Phi) is 4.89. The molecule has 0 aliphatic rings. The molecular weight excluding hydrogens is 108 g/mol. The molecule has 1 radical (unpaired) electrons. The van der Waals surface area contributed by atoms with Gasteiger partial charge in [-0.15, -0.1) is 13.2 Å². The first kappa shape index (κ1) is 8.22. The van der Waals surface area contributed by atoms with Gasteiger partial charge in [0.05, 0.1) is 0 Å². The summed E-state index contributed by atoms with van der Waals surface area (Å²) in [6.07, 6.45) is 7.32. The fourth-order valence-electron chi connectivity index (χ4n) is 0.678. The number of allylic oxidation sites excluding steroid dienone is 3. The van der Waals surface area contributed by atoms with Crippen molar-refractivity contribution in [3.8, 4) is 0 Å². The molecule has 49 valence electrons. The van der Waals surface area contributed by atoms with Gasteiger partial charge in [0.15, 0.2) is 0 Å². The topological polar surface area (TPSA) is 0 Å². The first-order valence-corrected chi connectivity index (χ1v) is 3.12. The molecule has 0 heteroatoms. The first-order chi connectivity index (χ1) is 4.35. The highest BCUT2D eigenvalue weighted by molar-refractivity contribution is 4.88. The van der Waals surface area contributed by atoms with Crippen LogP contribution in [0.3, 0.4) is 0 Å². The van der Waals surface area contributed by atoms with Crippen LogP contribution in [0.5, 0.6) is 0 Å². The summed E-state index contributed by atoms with van der Waals surface area (Å²) in [6, 6.07) is 0. The zero-order valence-corrected chi connectivity index (χ0v) is 5.72. The lowest BCUT2D eigenvalue weighted by atomic mass is 10.0. The van der Waals surface area contributed by atoms with Crippen LogP contribution in [-0.4, -0.2) is 0 Å². The number of hydrogen-bond acceptors (Lipinski definition) is 0. The molecule has 0 aromatic rings. The van der Waals surface area contributed by atoms with E-state index in [0.717, 1.165) is 12.8 Å². The van der Waals surface area contributed by atoms with Crippen molar-refractivity contribution in [1.29, 1.82) is 0 Å². The molecular formula is C9H13. The predicted molar refractivity (Wildman–Crippen MR) is 42.0 cm³/mol. The van der Waals surface area contributed by atoms with Crippen molar-refractivity contribution in [3.63, 3.8) is 0 Å². The highest BCUT2D eigenvalue weighted by Crippen LogP contribution is 2.09. The molecule has 0 spiro atoms. The average Bonchev–Trinajstić information content (AvgIpc) is 1.88. The third-order valence-electron chi connectivity index (χ3n) is 1.24. The Morgan fingerprint density at radius 3 is 2.33 bits per heavy atom. The minimum absolute atomic E-state index is 0.479. The highest BCUT2D eigenvalue weighted by Gasteiger charge is 1.95. The SMILES string of the molecule is [CH]=CCC(C=C)CC=C. The van der Waals surface area contributed by atoms with Gasteiger partial charge in [0.1, 0.15) is 0 Å². The fraction of sp³-hybridized carbons (Fsp3) is 0.333. The van der Waals surface area contributed by atoms with Crippen molar-refractivity contribution in [3.05, 3.63) is 38.0 Å². The lowest BCUT2D eigenvalue weighted by molar-refractivity contribution is 0.678. The number of rotatable bonds is 5. The van der Waals surface area contributed by atoms with Crippen LogP contribution >= 0.6 is 0 Å². The summed E-state index contributed by atoms with van der Waals surface area (Å²) in [5.74, 6) is 0.479. The van der Waals surface area contributed by atoms with Crippen LogP contribution in [-0.2, 0) is 0 Å². The molecule has 0 saturated carbocycles. The van der Waals surface area contributed by atoms with Crippen LogP contribution in [0, 0.1) is 12.5 Å². The van der Waals surface area contributed by atoms with Gasteiger partial charge in [-0.3, -0.25) is 0 Å². The molecule has 0 heterocycles. The summed E-state index contributed by atoms with van der Waals surface area (Å²) >= 11 is 0. The lowest BCUT2D eigenvalue weighted by Crippen LogP contribution is -1.90. The van der Waals surface area contributed by atoms with Crippen LogP contribution in [0.1, 0.15) is 12.8 Å². The molecule has 0 aliphatic heterocycles. The molecule has 0 amide bonds. The quantitative estimate of drug-likeness (QED) is 0.490. The van der Waals surface area contributed by atoms with Crippen LogP contribution in [0.4, 0.5) is 0 Å². The van der Waals surface area contributed by atoms with Crippen molar-refractivity contribution in [2.75, 3.05) is 0 Å². The molecule has 1 atom stereocenters. The van der Waals surface area contributed by atoms with E-state index in [1.807, 2.05) is 12.2 Å². The molecule has 0 nitrogen and oxygen atoms in total. The normalized spacial score (nSPS) is 12.0. The Morgan fingerprint density at radius 1 is 1.33 bits per heavy atom. The first-order valence-electron chi connectivity index (χ1n) is 3.12. The van der Waals surface area contributed by atoms with Gasteiger partial charge in [-0.1, -0.05) is 24.8 Å². The Hall–Kier alpha value is -0.780. The molecule has 0 aliphatic carbocycles. The summed E-state index contributed by atoms with van der Waals surface area (Å²) in [4.78, 5) is 0. The summed E-state index contributed by atoms with van der Waals surface area (Å²) in [5.41, 5.74) is 0. The Balaban J connectivity index is 3.51. The van der Waals surface area contributed by atoms with Crippen molar-refractivity contribution >= 4 is 0 Å². The maximum Gasteiger partial charge on any atom is -0.0167 e. The van der Waals surface area contributed by atoms with Crippen molar-refractivity contribution < 1.29 is 0 Å². The molecule has 0 N–H and O–H groups in total. The minimum atomic E-state index is 0.479. The van der Waals surface area contributed by atoms with Gasteiger partial charge >= 0.3 is 0 Å². The van der Waals surface area contributed by atoms with E-state index in [2.05, 4.69) is 13.2 Å². The Morgan fingerprint density at radius 2 is 2.00 bits per heavy atom. The summed E-state index contributed by atoms with van der Waals surface area (Å²) < 4.78 is 0. The Bertz CT molecular complexity index is 90.6. The van der Waals surface area contributed by atoms with Crippen LogP contribution in [0.2, 0.25) is 0 Å². The van der Waals surface area contributed by atoms with E-state index in [-0.39, 0.29) is 0 Å². The van der Waals surface area contributed by atoms with E-state index >= 15 is 0 Å². The summed E-state index contributed by atoms with van der Waals surface area (Å²) in [7, 11) is 0. The summed E-state index contributed by atoms with van der Waals surface area (Å²) in [6.45, 7) is 12.5. The van der Waals surface area contributed by atoms with E-state index < -0.39 is 0 Å². The van der Waals surface area contributed by atoms with Crippen molar-refractivity contribution in [2.45, 2.75) is 12.8 Å². The van der Waals surface area contributed by atoms with Gasteiger partial charge in [0.2, 0.25) is 0 Å². The lowest BCUT2D eigenvalue weighted by Gasteiger charge is -2.03. The van der Waals surface area contributed by atoms with Gasteiger partial charge in [0, 0.05) is 0 Å². The molecule has 0 bridgehead atoms. The predicted octanol–water partition coefficient (Wildman–Crippen LogP) is 2.74. The van der Waals surface area contributed by atoms with Gasteiger partial charge in [0.25, 0.3) is 0 Å². The zero-order valence-electron chi connectivity index (χ0n) is 5.72. The van der Waals surface area contributed by atoms with E-state index in [4.69, 9.17) is 6.58 Å². The largest absolute Gasteiger partial charge is 0.103 e. The molecule has 9 heavy (non-hydrogen) atoms. The van der Waals surface area contributed by atoms with E-state index in [1.165, 1.54) is 0 Å². The van der Waals surface area contributed by atoms with Crippen molar-refractivity contribution in [2.24, 2.45) is 5.92 Å². The van der Waals surface area contributed by atoms with Crippen LogP contribution < -0.4 is 0 Å². The zero-order chi connectivity index (χ0) is 7.11. The molecule has 0 aromatic heterocycles. The molecule has 0 fully saturated rings. The second-order valence-corrected chi connectivity index (χ2v) is 1.99. The van der Waals surface area contributed by atoms with Crippen LogP contribution in [0.25, 0.3) is 0 Å². The standard InChI is InChI=1S/C9H13/c1-4-7-9(6-3)8-5-2/h1,4-6,9H,2-3,7-8H2. The van der Waals surface area contributed by atoms with E-state index in [1.54, 1.807) is 6.08 Å². The second kappa shape index (κ2) is 5.36. The monoisotopic (exact) mass is 121 g/mol. The smallest absolute Gasteiger partial charge is 0.0167 e. The highest BCUT2D eigenvalue weighted by atomic mass is 14.0. The molecule has 0 saturated heterocycles. The molecule has 1 unspecified atom stereocenters. The fourth-order valence-corrected chi connectivity index (χ4v) is 0.678. The van der Waals surface area contributed by atoms with E-state index in [9.17, 15) is 0 Å². The van der Waals surface area contributed by atoms with Crippen LogP contribution in [0.15, 0.2) is 31.4 Å². The molecule has 0 rings (SSSR count). The van der Waals surface area contributed by atoms with Crippen molar-refractivity contribution in [1.82, 2.24) is 0 Å². The second-order valence-electron chi connectivity index (χ2n) is 1.99. The van der Waals surface area contributed by atoms with Gasteiger partial charge in [-0.25, -0.2) is 0 Å². The number of hydrogen-bond donors (Lipinski definition) is 0. The average molecular weight is 121 g/mol. The minimum Gasteiger partial charge on any atom is -0.103 e. The maximum atomic E-state index is 5.23. The Labute approximate surface area is 57.6 Å². The third-order valence-corrected chi connectivity index (χ3v) is 1.24. The van der Waals surface area contributed by atoms with Gasteiger partial charge in [-0.2, -0.15) is 0 Å². The van der Waals surface area contributed by atoms with Gasteiger partial charge in [-0.05, 0) is 18.8 Å². The maximum absolute atomic E-state index is 5.23. The van der Waals surface area contributed by atoms with E-state index in [0.29, 0.717) is 5.92 Å². The third kappa shape index (κ3) is 3.77. The summed E-state index contributed by atoms with van der Waals surface area (Å²) in [5, 5.41) is 0.